The molecule has 29 heavy (non-hydrogen) atoms. The number of aryl methyl sites for hydroxylation is 2. The molecular formula is C22H27FN2O3S. The van der Waals surface area contributed by atoms with E-state index in [4.69, 9.17) is 5.73 Å². The lowest BCUT2D eigenvalue weighted by Gasteiger charge is -2.11. The maximum atomic E-state index is 12.8. The number of amides is 1. The van der Waals surface area contributed by atoms with Crippen LogP contribution in [-0.4, -0.2) is 19.5 Å². The molecule has 1 aromatic carbocycles. The van der Waals surface area contributed by atoms with Crippen LogP contribution in [0.25, 0.3) is 6.08 Å². The van der Waals surface area contributed by atoms with Gasteiger partial charge in [-0.05, 0) is 50.5 Å². The minimum atomic E-state index is -0.599. The van der Waals surface area contributed by atoms with Crippen LogP contribution in [0.15, 0.2) is 57.9 Å². The zero-order valence-corrected chi connectivity index (χ0v) is 18.0. The van der Waals surface area contributed by atoms with Gasteiger partial charge in [-0.15, -0.1) is 0 Å². The van der Waals surface area contributed by atoms with E-state index in [-0.39, 0.29) is 11.5 Å². The third-order valence-electron chi connectivity index (χ3n) is 3.90. The fraction of sp³-hybridized carbons (Fsp3) is 0.273. The Hall–Kier alpha value is -2.80. The summed E-state index contributed by atoms with van der Waals surface area (Å²) in [4.78, 5) is 22.1. The second-order valence-electron chi connectivity index (χ2n) is 6.54. The summed E-state index contributed by atoms with van der Waals surface area (Å²) < 4.78 is 17.3. The lowest BCUT2D eigenvalue weighted by molar-refractivity contribution is -0.136. The van der Waals surface area contributed by atoms with Crippen LogP contribution in [0.5, 0.6) is 0 Å². The number of carbonyl (C=O) groups is 2. The fourth-order valence-corrected chi connectivity index (χ4v) is 3.17. The standard InChI is InChI=1S/C11H11F.C11H16N2O3S/c1-8-2-3-10-7-11(12)5-4-9(10)6-8;1-7(2)10(17-8(3)13-6-14)5-9(12)11(15)16-4/h2-3,6-7H,4-5H2,1H3;5-6H,3,12H2,1-2,4H3,(H,13,14)/b;9-5-. The topological polar surface area (TPSA) is 81.4 Å². The highest BCUT2D eigenvalue weighted by Gasteiger charge is 2.09. The van der Waals surface area contributed by atoms with E-state index in [0.29, 0.717) is 17.9 Å². The number of nitrogens with two attached hydrogens (primary N) is 1. The van der Waals surface area contributed by atoms with Crippen LogP contribution in [0.2, 0.25) is 0 Å². The number of hydrogen-bond acceptors (Lipinski definition) is 5. The summed E-state index contributed by atoms with van der Waals surface area (Å²) in [6, 6.07) is 6.15. The first kappa shape index (κ1) is 24.2. The molecule has 0 heterocycles. The van der Waals surface area contributed by atoms with Crippen molar-refractivity contribution in [1.82, 2.24) is 5.32 Å². The van der Waals surface area contributed by atoms with E-state index in [1.165, 1.54) is 36.1 Å². The van der Waals surface area contributed by atoms with Crippen molar-refractivity contribution >= 4 is 30.2 Å². The molecule has 1 amide bonds. The van der Waals surface area contributed by atoms with Gasteiger partial charge in [0.05, 0.1) is 12.1 Å². The van der Waals surface area contributed by atoms with Crippen LogP contribution in [0, 0.1) is 6.92 Å². The normalized spacial score (nSPS) is 12.4. The van der Waals surface area contributed by atoms with E-state index in [2.05, 4.69) is 29.6 Å². The third kappa shape index (κ3) is 8.39. The second-order valence-corrected chi connectivity index (χ2v) is 7.67. The Bertz CT molecular complexity index is 869. The van der Waals surface area contributed by atoms with Gasteiger partial charge in [0, 0.05) is 11.3 Å². The number of fused-ring (bicyclic) bond motifs is 1. The van der Waals surface area contributed by atoms with E-state index < -0.39 is 5.97 Å². The van der Waals surface area contributed by atoms with Gasteiger partial charge in [-0.1, -0.05) is 47.7 Å². The number of benzene rings is 1. The number of halogens is 1. The SMILES string of the molecule is C=C(NC=O)SC(/C=C(\N)C(=O)OC)=C(C)C.Cc1ccc2c(c1)CCC(F)=C2. The summed E-state index contributed by atoms with van der Waals surface area (Å²) in [5, 5.41) is 2.86. The maximum absolute atomic E-state index is 12.8. The van der Waals surface area contributed by atoms with Crippen molar-refractivity contribution in [2.24, 2.45) is 5.73 Å². The predicted molar refractivity (Wildman–Crippen MR) is 117 cm³/mol. The van der Waals surface area contributed by atoms with Crippen molar-refractivity contribution in [3.05, 3.63) is 74.6 Å². The van der Waals surface area contributed by atoms with Crippen LogP contribution >= 0.6 is 11.8 Å². The highest BCUT2D eigenvalue weighted by Crippen LogP contribution is 2.27. The molecule has 1 aliphatic carbocycles. The molecule has 156 valence electrons. The number of hydrogen-bond donors (Lipinski definition) is 2. The number of ether oxygens (including phenoxy) is 1. The molecule has 0 saturated carbocycles. The van der Waals surface area contributed by atoms with E-state index in [1.54, 1.807) is 6.08 Å². The Balaban J connectivity index is 0.000000304. The third-order valence-corrected chi connectivity index (χ3v) is 5.01. The quantitative estimate of drug-likeness (QED) is 0.308. The Kier molecular flexibility index (Phi) is 9.96. The number of methoxy groups -OCH3 is 1. The van der Waals surface area contributed by atoms with Crippen molar-refractivity contribution < 1.29 is 18.7 Å². The molecule has 1 aliphatic rings. The molecule has 0 radical (unpaired) electrons. The van der Waals surface area contributed by atoms with E-state index in [1.807, 2.05) is 26.0 Å². The molecule has 0 aliphatic heterocycles. The summed E-state index contributed by atoms with van der Waals surface area (Å²) in [5.74, 6) is -0.593. The average molecular weight is 419 g/mol. The number of esters is 1. The molecule has 1 aromatic rings. The van der Waals surface area contributed by atoms with Gasteiger partial charge in [-0.25, -0.2) is 9.18 Å². The number of carbonyl (C=O) groups excluding carboxylic acids is 2. The molecule has 0 unspecified atom stereocenters. The van der Waals surface area contributed by atoms with Gasteiger partial charge < -0.3 is 15.8 Å². The Morgan fingerprint density at radius 3 is 2.62 bits per heavy atom. The number of allylic oxidation sites excluding steroid dienone is 3. The summed E-state index contributed by atoms with van der Waals surface area (Å²) >= 11 is 1.21. The van der Waals surface area contributed by atoms with Crippen molar-refractivity contribution in [3.8, 4) is 0 Å². The molecule has 2 rings (SSSR count). The van der Waals surface area contributed by atoms with Gasteiger partial charge >= 0.3 is 5.97 Å². The van der Waals surface area contributed by atoms with Crippen LogP contribution in [0.1, 0.15) is 37.0 Å². The summed E-state index contributed by atoms with van der Waals surface area (Å²) in [6.45, 7) is 9.42. The van der Waals surface area contributed by atoms with E-state index in [9.17, 15) is 14.0 Å². The molecule has 0 fully saturated rings. The van der Waals surface area contributed by atoms with Crippen molar-refractivity contribution in [2.45, 2.75) is 33.6 Å². The Morgan fingerprint density at radius 1 is 1.34 bits per heavy atom. The molecular weight excluding hydrogens is 391 g/mol. The highest BCUT2D eigenvalue weighted by molar-refractivity contribution is 8.06. The molecule has 0 bridgehead atoms. The van der Waals surface area contributed by atoms with Gasteiger partial charge in [0.25, 0.3) is 0 Å². The lowest BCUT2D eigenvalue weighted by atomic mass is 9.95. The largest absolute Gasteiger partial charge is 0.464 e. The van der Waals surface area contributed by atoms with E-state index >= 15 is 0 Å². The van der Waals surface area contributed by atoms with Crippen molar-refractivity contribution in [3.63, 3.8) is 0 Å². The number of thioether (sulfide) groups is 1. The molecule has 7 heteroatoms. The van der Waals surface area contributed by atoms with E-state index in [0.717, 1.165) is 22.5 Å². The minimum absolute atomic E-state index is 0.00453. The molecule has 3 N–H and O–H groups in total. The van der Waals surface area contributed by atoms with Gasteiger partial charge in [-0.2, -0.15) is 0 Å². The van der Waals surface area contributed by atoms with Crippen LogP contribution in [-0.2, 0) is 20.7 Å². The second kappa shape index (κ2) is 11.9. The molecule has 0 spiro atoms. The first-order valence-corrected chi connectivity index (χ1v) is 9.75. The van der Waals surface area contributed by atoms with Gasteiger partial charge in [0.15, 0.2) is 0 Å². The Labute approximate surface area is 175 Å². The van der Waals surface area contributed by atoms with Crippen molar-refractivity contribution in [2.75, 3.05) is 7.11 Å². The van der Waals surface area contributed by atoms with Gasteiger partial charge in [0.1, 0.15) is 11.5 Å². The number of nitrogens with one attached hydrogen (secondary N) is 1. The zero-order valence-electron chi connectivity index (χ0n) is 17.2. The molecule has 5 nitrogen and oxygen atoms in total. The van der Waals surface area contributed by atoms with Crippen LogP contribution in [0.3, 0.4) is 0 Å². The maximum Gasteiger partial charge on any atom is 0.353 e. The summed E-state index contributed by atoms with van der Waals surface area (Å²) in [5.41, 5.74) is 10.0. The van der Waals surface area contributed by atoms with Gasteiger partial charge in [0.2, 0.25) is 6.41 Å². The fourth-order valence-electron chi connectivity index (χ4n) is 2.41. The summed E-state index contributed by atoms with van der Waals surface area (Å²) in [6.07, 6.45) is 5.07. The zero-order chi connectivity index (χ0) is 22.0. The lowest BCUT2D eigenvalue weighted by Crippen LogP contribution is -2.13. The molecule has 0 aromatic heterocycles. The highest BCUT2D eigenvalue weighted by atomic mass is 32.2. The first-order valence-electron chi connectivity index (χ1n) is 8.93. The van der Waals surface area contributed by atoms with Gasteiger partial charge in [-0.3, -0.25) is 4.79 Å². The predicted octanol–water partition coefficient (Wildman–Crippen LogP) is 4.50. The average Bonchev–Trinajstić information content (AvgIpc) is 2.67. The number of rotatable bonds is 6. The smallest absolute Gasteiger partial charge is 0.353 e. The summed E-state index contributed by atoms with van der Waals surface area (Å²) in [7, 11) is 1.26. The molecule has 0 saturated heterocycles. The van der Waals surface area contributed by atoms with Crippen LogP contribution < -0.4 is 11.1 Å². The monoisotopic (exact) mass is 418 g/mol. The minimum Gasteiger partial charge on any atom is -0.464 e. The van der Waals surface area contributed by atoms with Crippen molar-refractivity contribution in [1.29, 1.82) is 0 Å². The molecule has 0 atom stereocenters. The van der Waals surface area contributed by atoms with Crippen LogP contribution in [0.4, 0.5) is 4.39 Å². The Morgan fingerprint density at radius 2 is 2.03 bits per heavy atom. The first-order chi connectivity index (χ1) is 13.7.